The van der Waals surface area contributed by atoms with E-state index < -0.39 is 0 Å². The van der Waals surface area contributed by atoms with Gasteiger partial charge < -0.3 is 10.4 Å². The Balaban J connectivity index is 2.60. The molecule has 1 aromatic rings. The lowest BCUT2D eigenvalue weighted by molar-refractivity contribution is 0.112. The summed E-state index contributed by atoms with van der Waals surface area (Å²) >= 11 is 5.73. The lowest BCUT2D eigenvalue weighted by Gasteiger charge is -2.10. The molecule has 1 atom stereocenters. The van der Waals surface area contributed by atoms with Gasteiger partial charge in [0.1, 0.15) is 17.3 Å². The van der Waals surface area contributed by atoms with Crippen LogP contribution in [0.3, 0.4) is 0 Å². The summed E-state index contributed by atoms with van der Waals surface area (Å²) in [6, 6.07) is 0. The number of nitrogens with zero attached hydrogens (tertiary/aromatic N) is 2. The molecule has 16 heavy (non-hydrogen) atoms. The summed E-state index contributed by atoms with van der Waals surface area (Å²) in [6.45, 7) is 2.44. The number of carbonyl (C=O) groups is 1. The van der Waals surface area contributed by atoms with Gasteiger partial charge in [-0.3, -0.25) is 4.79 Å². The molecule has 0 fully saturated rings. The van der Waals surface area contributed by atoms with Crippen LogP contribution in [0.2, 0.25) is 5.15 Å². The van der Waals surface area contributed by atoms with Crippen LogP contribution in [0.1, 0.15) is 30.1 Å². The maximum Gasteiger partial charge on any atom is 0.156 e. The van der Waals surface area contributed by atoms with Crippen LogP contribution in [-0.4, -0.2) is 34.0 Å². The van der Waals surface area contributed by atoms with Gasteiger partial charge in [0, 0.05) is 6.54 Å². The maximum atomic E-state index is 10.7. The summed E-state index contributed by atoms with van der Waals surface area (Å²) in [7, 11) is 0. The van der Waals surface area contributed by atoms with Gasteiger partial charge in [0.15, 0.2) is 6.29 Å². The zero-order valence-electron chi connectivity index (χ0n) is 8.98. The van der Waals surface area contributed by atoms with Crippen molar-refractivity contribution in [3.05, 3.63) is 17.0 Å². The normalized spacial score (nSPS) is 12.2. The Morgan fingerprint density at radius 3 is 3.00 bits per heavy atom. The van der Waals surface area contributed by atoms with Crippen molar-refractivity contribution in [3.8, 4) is 0 Å². The number of rotatable bonds is 6. The van der Waals surface area contributed by atoms with E-state index in [0.717, 1.165) is 0 Å². The van der Waals surface area contributed by atoms with Gasteiger partial charge in [-0.2, -0.15) is 0 Å². The minimum absolute atomic E-state index is 0.128. The number of hydrogen-bond acceptors (Lipinski definition) is 5. The van der Waals surface area contributed by atoms with E-state index in [4.69, 9.17) is 11.6 Å². The lowest BCUT2D eigenvalue weighted by Crippen LogP contribution is -2.14. The predicted octanol–water partition coefficient (Wildman–Crippen LogP) is 1.52. The second kappa shape index (κ2) is 6.40. The Kier molecular flexibility index (Phi) is 5.14. The predicted molar refractivity (Wildman–Crippen MR) is 61.8 cm³/mol. The summed E-state index contributed by atoms with van der Waals surface area (Å²) < 4.78 is 0. The van der Waals surface area contributed by atoms with Gasteiger partial charge in [-0.15, -0.1) is 0 Å². The number of nitrogens with one attached hydrogen (secondary N) is 1. The molecule has 0 aliphatic carbocycles. The molecule has 1 rings (SSSR count). The minimum atomic E-state index is -0.343. The molecule has 88 valence electrons. The summed E-state index contributed by atoms with van der Waals surface area (Å²) in [6.07, 6.45) is 2.85. The van der Waals surface area contributed by atoms with Crippen molar-refractivity contribution in [3.63, 3.8) is 0 Å². The molecular formula is C10H14ClN3O2. The van der Waals surface area contributed by atoms with Crippen molar-refractivity contribution < 1.29 is 9.90 Å². The second-order valence-corrected chi connectivity index (χ2v) is 3.68. The molecular weight excluding hydrogens is 230 g/mol. The molecule has 0 aromatic carbocycles. The van der Waals surface area contributed by atoms with Crippen LogP contribution in [0.15, 0.2) is 6.33 Å². The lowest BCUT2D eigenvalue weighted by atomic mass is 10.2. The van der Waals surface area contributed by atoms with Gasteiger partial charge in [-0.05, 0) is 12.8 Å². The van der Waals surface area contributed by atoms with Crippen molar-refractivity contribution in [2.45, 2.75) is 25.9 Å². The van der Waals surface area contributed by atoms with Crippen molar-refractivity contribution in [1.82, 2.24) is 9.97 Å². The third-order valence-corrected chi connectivity index (χ3v) is 2.50. The third-order valence-electron chi connectivity index (χ3n) is 2.19. The molecule has 0 aliphatic heterocycles. The molecule has 0 spiro atoms. The molecule has 0 bridgehead atoms. The van der Waals surface area contributed by atoms with Crippen LogP contribution in [0, 0.1) is 0 Å². The average Bonchev–Trinajstić information content (AvgIpc) is 2.29. The number of anilines is 1. The Labute approximate surface area is 98.9 Å². The van der Waals surface area contributed by atoms with E-state index in [1.807, 2.05) is 6.92 Å². The highest BCUT2D eigenvalue weighted by Gasteiger charge is 2.08. The maximum absolute atomic E-state index is 10.7. The Bertz CT molecular complexity index is 360. The molecule has 1 unspecified atom stereocenters. The molecule has 5 nitrogen and oxygen atoms in total. The summed E-state index contributed by atoms with van der Waals surface area (Å²) in [5.74, 6) is 0.401. The molecule has 0 saturated carbocycles. The van der Waals surface area contributed by atoms with Gasteiger partial charge in [0.25, 0.3) is 0 Å². The number of aldehydes is 1. The van der Waals surface area contributed by atoms with E-state index >= 15 is 0 Å². The highest BCUT2D eigenvalue weighted by Crippen LogP contribution is 2.17. The summed E-state index contributed by atoms with van der Waals surface area (Å²) in [5, 5.41) is 12.4. The van der Waals surface area contributed by atoms with Crippen molar-refractivity contribution in [2.75, 3.05) is 11.9 Å². The van der Waals surface area contributed by atoms with Crippen LogP contribution in [0.25, 0.3) is 0 Å². The van der Waals surface area contributed by atoms with E-state index in [2.05, 4.69) is 15.3 Å². The SMILES string of the molecule is CCC(O)CCNc1ncnc(Cl)c1C=O. The molecule has 0 amide bonds. The van der Waals surface area contributed by atoms with Crippen LogP contribution in [0.5, 0.6) is 0 Å². The van der Waals surface area contributed by atoms with E-state index in [0.29, 0.717) is 31.5 Å². The van der Waals surface area contributed by atoms with E-state index in [-0.39, 0.29) is 16.8 Å². The Hall–Kier alpha value is -1.20. The number of carbonyl (C=O) groups excluding carboxylic acids is 1. The topological polar surface area (TPSA) is 75.1 Å². The summed E-state index contributed by atoms with van der Waals surface area (Å²) in [4.78, 5) is 18.4. The number of aromatic nitrogens is 2. The van der Waals surface area contributed by atoms with Crippen LogP contribution < -0.4 is 5.32 Å². The number of aliphatic hydroxyl groups excluding tert-OH is 1. The monoisotopic (exact) mass is 243 g/mol. The summed E-state index contributed by atoms with van der Waals surface area (Å²) in [5.41, 5.74) is 0.246. The Morgan fingerprint density at radius 2 is 2.38 bits per heavy atom. The van der Waals surface area contributed by atoms with E-state index in [1.54, 1.807) is 0 Å². The number of aliphatic hydroxyl groups is 1. The van der Waals surface area contributed by atoms with Gasteiger partial charge in [0.05, 0.1) is 11.7 Å². The zero-order valence-corrected chi connectivity index (χ0v) is 9.74. The molecule has 0 aliphatic rings. The van der Waals surface area contributed by atoms with Gasteiger partial charge in [0.2, 0.25) is 0 Å². The van der Waals surface area contributed by atoms with Gasteiger partial charge >= 0.3 is 0 Å². The smallest absolute Gasteiger partial charge is 0.156 e. The van der Waals surface area contributed by atoms with Gasteiger partial charge in [-0.1, -0.05) is 18.5 Å². The van der Waals surface area contributed by atoms with Crippen LogP contribution >= 0.6 is 11.6 Å². The fraction of sp³-hybridized carbons (Fsp3) is 0.500. The quantitative estimate of drug-likeness (QED) is 0.585. The zero-order chi connectivity index (χ0) is 12.0. The first-order valence-corrected chi connectivity index (χ1v) is 5.44. The van der Waals surface area contributed by atoms with E-state index in [1.165, 1.54) is 6.33 Å². The first-order valence-electron chi connectivity index (χ1n) is 5.06. The molecule has 6 heteroatoms. The molecule has 1 aromatic heterocycles. The second-order valence-electron chi connectivity index (χ2n) is 3.32. The standard InChI is InChI=1S/C10H14ClN3O2/c1-2-7(16)3-4-12-10-8(5-15)9(11)13-6-14-10/h5-7,16H,2-4H2,1H3,(H,12,13,14). The van der Waals surface area contributed by atoms with Crippen LogP contribution in [-0.2, 0) is 0 Å². The number of halogens is 1. The fourth-order valence-corrected chi connectivity index (χ4v) is 1.36. The first kappa shape index (κ1) is 12.9. The molecule has 2 N–H and O–H groups in total. The fourth-order valence-electron chi connectivity index (χ4n) is 1.18. The van der Waals surface area contributed by atoms with Crippen molar-refractivity contribution in [1.29, 1.82) is 0 Å². The molecule has 0 saturated heterocycles. The molecule has 1 heterocycles. The molecule has 0 radical (unpaired) electrons. The van der Waals surface area contributed by atoms with Gasteiger partial charge in [-0.25, -0.2) is 9.97 Å². The van der Waals surface area contributed by atoms with Crippen LogP contribution in [0.4, 0.5) is 5.82 Å². The third kappa shape index (κ3) is 3.43. The largest absolute Gasteiger partial charge is 0.393 e. The average molecular weight is 244 g/mol. The Morgan fingerprint density at radius 1 is 1.62 bits per heavy atom. The van der Waals surface area contributed by atoms with Crippen molar-refractivity contribution in [2.24, 2.45) is 0 Å². The van der Waals surface area contributed by atoms with Crippen molar-refractivity contribution >= 4 is 23.7 Å². The minimum Gasteiger partial charge on any atom is -0.393 e. The highest BCUT2D eigenvalue weighted by atomic mass is 35.5. The first-order chi connectivity index (χ1) is 7.69. The van der Waals surface area contributed by atoms with E-state index in [9.17, 15) is 9.90 Å². The number of hydrogen-bond donors (Lipinski definition) is 2. The highest BCUT2D eigenvalue weighted by molar-refractivity contribution is 6.32.